The lowest BCUT2D eigenvalue weighted by molar-refractivity contribution is -0.137. The summed E-state index contributed by atoms with van der Waals surface area (Å²) in [5, 5.41) is 22.7. The topological polar surface area (TPSA) is 151 Å². The molecule has 0 bridgehead atoms. The van der Waals surface area contributed by atoms with Gasteiger partial charge in [-0.3, -0.25) is 19.8 Å². The Kier molecular flexibility index (Phi) is 5.84. The Hall–Kier alpha value is -3.49. The molecule has 9 nitrogen and oxygen atoms in total. The van der Waals surface area contributed by atoms with E-state index in [2.05, 4.69) is 10.4 Å². The minimum absolute atomic E-state index is 0.0635. The van der Waals surface area contributed by atoms with Crippen LogP contribution < -0.4 is 16.6 Å². The summed E-state index contributed by atoms with van der Waals surface area (Å²) in [5.74, 6) is -1.60. The van der Waals surface area contributed by atoms with Crippen molar-refractivity contribution in [1.29, 1.82) is 5.41 Å². The first kappa shape index (κ1) is 18.8. The second-order valence-corrected chi connectivity index (χ2v) is 5.62. The molecule has 0 saturated carbocycles. The summed E-state index contributed by atoms with van der Waals surface area (Å²) < 4.78 is 1.07. The Bertz CT molecular complexity index is 902. The van der Waals surface area contributed by atoms with Crippen LogP contribution in [0.1, 0.15) is 28.8 Å². The van der Waals surface area contributed by atoms with Crippen molar-refractivity contribution < 1.29 is 14.7 Å². The number of nitrogen functional groups attached to an aromatic ring is 1. The van der Waals surface area contributed by atoms with Gasteiger partial charge < -0.3 is 16.2 Å². The van der Waals surface area contributed by atoms with Crippen molar-refractivity contribution in [3.05, 3.63) is 51.8 Å². The van der Waals surface area contributed by atoms with E-state index < -0.39 is 17.4 Å². The van der Waals surface area contributed by atoms with Gasteiger partial charge in [-0.15, -0.1) is 0 Å². The number of aliphatic carboxylic acids is 1. The third-order valence-electron chi connectivity index (χ3n) is 3.65. The minimum atomic E-state index is -0.949. The van der Waals surface area contributed by atoms with E-state index in [4.69, 9.17) is 16.2 Å². The normalized spacial score (nSPS) is 10.3. The molecule has 1 heterocycles. The summed E-state index contributed by atoms with van der Waals surface area (Å²) in [4.78, 5) is 34.9. The number of carboxylic acid groups (broad SMARTS) is 1. The van der Waals surface area contributed by atoms with Crippen LogP contribution in [0.25, 0.3) is 11.3 Å². The smallest absolute Gasteiger partial charge is 0.303 e. The number of hydrogen-bond acceptors (Lipinski definition) is 5. The molecule has 136 valence electrons. The number of nitrogens with one attached hydrogen (secondary N) is 2. The first-order valence-corrected chi connectivity index (χ1v) is 7.82. The predicted octanol–water partition coefficient (Wildman–Crippen LogP) is 0.326. The van der Waals surface area contributed by atoms with Gasteiger partial charge in [0.15, 0.2) is 0 Å². The van der Waals surface area contributed by atoms with E-state index in [1.807, 2.05) is 0 Å². The molecular weight excluding hydrogens is 338 g/mol. The minimum Gasteiger partial charge on any atom is -0.481 e. The lowest BCUT2D eigenvalue weighted by Gasteiger charge is -2.09. The third-order valence-corrected chi connectivity index (χ3v) is 3.65. The van der Waals surface area contributed by atoms with Crippen molar-refractivity contribution in [2.24, 2.45) is 12.8 Å². The first-order valence-electron chi connectivity index (χ1n) is 7.82. The molecule has 1 amide bonds. The predicted molar refractivity (Wildman–Crippen MR) is 95.1 cm³/mol. The monoisotopic (exact) mass is 357 g/mol. The summed E-state index contributed by atoms with van der Waals surface area (Å²) in [7, 11) is 1.44. The van der Waals surface area contributed by atoms with Gasteiger partial charge in [0.05, 0.1) is 5.69 Å². The van der Waals surface area contributed by atoms with Gasteiger partial charge in [0.1, 0.15) is 11.4 Å². The molecule has 2 rings (SSSR count). The fourth-order valence-electron chi connectivity index (χ4n) is 2.27. The molecule has 26 heavy (non-hydrogen) atoms. The van der Waals surface area contributed by atoms with E-state index in [0.717, 1.165) is 4.68 Å². The molecule has 0 aliphatic heterocycles. The number of carbonyl (C=O) groups is 2. The standard InChI is InChI=1S/C17H19N5O4/c1-22-17(26)12(16(25)20-8-2-3-14(23)24)9-13(21-22)10-4-6-11(7-5-10)15(18)19/h4-7,9H,2-3,8H2,1H3,(H3,18,19)(H,20,25)(H,23,24). The zero-order valence-corrected chi connectivity index (χ0v) is 14.2. The fourth-order valence-corrected chi connectivity index (χ4v) is 2.27. The number of rotatable bonds is 7. The first-order chi connectivity index (χ1) is 12.3. The van der Waals surface area contributed by atoms with Gasteiger partial charge in [-0.1, -0.05) is 24.3 Å². The van der Waals surface area contributed by atoms with E-state index in [0.29, 0.717) is 16.8 Å². The van der Waals surface area contributed by atoms with Crippen molar-refractivity contribution in [2.45, 2.75) is 12.8 Å². The summed E-state index contributed by atoms with van der Waals surface area (Å²) in [5.41, 5.74) is 6.41. The second-order valence-electron chi connectivity index (χ2n) is 5.62. The number of aromatic nitrogens is 2. The van der Waals surface area contributed by atoms with Crippen LogP contribution in [-0.4, -0.2) is 39.1 Å². The molecule has 0 fully saturated rings. The largest absolute Gasteiger partial charge is 0.481 e. The molecule has 0 spiro atoms. The molecule has 0 aliphatic carbocycles. The number of carbonyl (C=O) groups excluding carboxylic acids is 1. The van der Waals surface area contributed by atoms with E-state index in [9.17, 15) is 14.4 Å². The van der Waals surface area contributed by atoms with Crippen LogP contribution in [-0.2, 0) is 11.8 Å². The van der Waals surface area contributed by atoms with Gasteiger partial charge in [0, 0.05) is 31.1 Å². The SMILES string of the molecule is Cn1nc(-c2ccc(C(=N)N)cc2)cc(C(=O)NCCCC(=O)O)c1=O. The van der Waals surface area contributed by atoms with Gasteiger partial charge in [0.25, 0.3) is 11.5 Å². The molecule has 5 N–H and O–H groups in total. The Morgan fingerprint density at radius 2 is 1.96 bits per heavy atom. The van der Waals surface area contributed by atoms with Gasteiger partial charge >= 0.3 is 5.97 Å². The van der Waals surface area contributed by atoms with Crippen LogP contribution in [0.2, 0.25) is 0 Å². The fraction of sp³-hybridized carbons (Fsp3) is 0.235. The molecule has 1 aromatic carbocycles. The average Bonchev–Trinajstić information content (AvgIpc) is 2.60. The number of amidine groups is 1. The maximum atomic E-state index is 12.2. The average molecular weight is 357 g/mol. The Morgan fingerprint density at radius 1 is 1.31 bits per heavy atom. The molecule has 2 aromatic rings. The molecule has 9 heteroatoms. The highest BCUT2D eigenvalue weighted by atomic mass is 16.4. The van der Waals surface area contributed by atoms with Crippen molar-refractivity contribution in [3.63, 3.8) is 0 Å². The van der Waals surface area contributed by atoms with Gasteiger partial charge in [-0.2, -0.15) is 5.10 Å². The van der Waals surface area contributed by atoms with Crippen molar-refractivity contribution in [2.75, 3.05) is 6.54 Å². The number of aryl methyl sites for hydroxylation is 1. The van der Waals surface area contributed by atoms with Crippen LogP contribution >= 0.6 is 0 Å². The number of amides is 1. The molecular formula is C17H19N5O4. The lowest BCUT2D eigenvalue weighted by Crippen LogP contribution is -2.34. The Morgan fingerprint density at radius 3 is 2.54 bits per heavy atom. The highest BCUT2D eigenvalue weighted by molar-refractivity contribution is 5.96. The van der Waals surface area contributed by atoms with Gasteiger partial charge in [0.2, 0.25) is 0 Å². The van der Waals surface area contributed by atoms with E-state index in [1.165, 1.54) is 13.1 Å². The molecule has 0 aliphatic rings. The van der Waals surface area contributed by atoms with Crippen LogP contribution in [0.4, 0.5) is 0 Å². The van der Waals surface area contributed by atoms with Gasteiger partial charge in [-0.25, -0.2) is 4.68 Å². The highest BCUT2D eigenvalue weighted by Crippen LogP contribution is 2.17. The third kappa shape index (κ3) is 4.53. The summed E-state index contributed by atoms with van der Waals surface area (Å²) in [6.45, 7) is 0.152. The molecule has 0 unspecified atom stereocenters. The summed E-state index contributed by atoms with van der Waals surface area (Å²) >= 11 is 0. The number of benzene rings is 1. The highest BCUT2D eigenvalue weighted by Gasteiger charge is 2.15. The number of nitrogens with two attached hydrogens (primary N) is 1. The summed E-state index contributed by atoms with van der Waals surface area (Å²) in [6, 6.07) is 8.07. The lowest BCUT2D eigenvalue weighted by atomic mass is 10.1. The molecule has 0 radical (unpaired) electrons. The number of nitrogens with zero attached hydrogens (tertiary/aromatic N) is 2. The summed E-state index contributed by atoms with van der Waals surface area (Å²) in [6.07, 6.45) is 0.203. The quantitative estimate of drug-likeness (QED) is 0.318. The van der Waals surface area contributed by atoms with E-state index in [-0.39, 0.29) is 30.8 Å². The van der Waals surface area contributed by atoms with Crippen LogP contribution in [0.3, 0.4) is 0 Å². The van der Waals surface area contributed by atoms with E-state index in [1.54, 1.807) is 24.3 Å². The second kappa shape index (κ2) is 8.06. The van der Waals surface area contributed by atoms with E-state index >= 15 is 0 Å². The molecule has 1 aromatic heterocycles. The zero-order valence-electron chi connectivity index (χ0n) is 14.2. The van der Waals surface area contributed by atoms with Crippen LogP contribution in [0.15, 0.2) is 35.1 Å². The van der Waals surface area contributed by atoms with Crippen LogP contribution in [0, 0.1) is 5.41 Å². The molecule has 0 saturated heterocycles. The number of carboxylic acids is 1. The molecule has 0 atom stereocenters. The maximum absolute atomic E-state index is 12.2. The Labute approximate surface area is 149 Å². The van der Waals surface area contributed by atoms with Crippen molar-refractivity contribution >= 4 is 17.7 Å². The zero-order chi connectivity index (χ0) is 19.3. The Balaban J connectivity index is 2.25. The number of hydrogen-bond donors (Lipinski definition) is 4. The van der Waals surface area contributed by atoms with Crippen molar-refractivity contribution in [1.82, 2.24) is 15.1 Å². The van der Waals surface area contributed by atoms with Crippen molar-refractivity contribution in [3.8, 4) is 11.3 Å². The van der Waals surface area contributed by atoms with Gasteiger partial charge in [-0.05, 0) is 12.5 Å². The van der Waals surface area contributed by atoms with Crippen LogP contribution in [0.5, 0.6) is 0 Å². The maximum Gasteiger partial charge on any atom is 0.303 e.